The summed E-state index contributed by atoms with van der Waals surface area (Å²) in [5, 5.41) is 11.3. The van der Waals surface area contributed by atoms with Gasteiger partial charge in [0, 0.05) is 17.5 Å². The van der Waals surface area contributed by atoms with Gasteiger partial charge in [-0.25, -0.2) is 0 Å². The number of benzene rings is 1. The van der Waals surface area contributed by atoms with Gasteiger partial charge in [0.2, 0.25) is 12.7 Å². The van der Waals surface area contributed by atoms with Crippen molar-refractivity contribution in [3.8, 4) is 11.5 Å². The normalized spacial score (nSPS) is 12.3. The van der Waals surface area contributed by atoms with Crippen LogP contribution in [0.5, 0.6) is 11.5 Å². The number of halogens is 1. The molecule has 27 heavy (non-hydrogen) atoms. The van der Waals surface area contributed by atoms with E-state index in [1.807, 2.05) is 6.07 Å². The molecule has 7 nitrogen and oxygen atoms in total. The molecular weight excluding hydrogens is 392 g/mol. The number of hydrogen-bond donors (Lipinski definition) is 0. The molecule has 0 aliphatic carbocycles. The van der Waals surface area contributed by atoms with E-state index in [0.717, 1.165) is 4.88 Å². The highest BCUT2D eigenvalue weighted by Gasteiger charge is 2.22. The zero-order valence-electron chi connectivity index (χ0n) is 14.1. The molecule has 9 heteroatoms. The first kappa shape index (κ1) is 18.9. The van der Waals surface area contributed by atoms with E-state index >= 15 is 0 Å². The number of amides is 1. The van der Waals surface area contributed by atoms with Crippen LogP contribution in [0, 0.1) is 10.1 Å². The summed E-state index contributed by atoms with van der Waals surface area (Å²) < 4.78 is 11.1. The Labute approximate surface area is 164 Å². The molecule has 1 aliphatic rings. The van der Waals surface area contributed by atoms with Crippen LogP contribution in [0.25, 0.3) is 6.08 Å². The molecule has 0 atom stereocenters. The van der Waals surface area contributed by atoms with E-state index in [1.165, 1.54) is 35.6 Å². The Bertz CT molecular complexity index is 924. The molecule has 3 rings (SSSR count). The van der Waals surface area contributed by atoms with E-state index in [0.29, 0.717) is 28.9 Å². The number of hydrogen-bond acceptors (Lipinski definition) is 6. The molecule has 140 valence electrons. The minimum absolute atomic E-state index is 0.00900. The summed E-state index contributed by atoms with van der Waals surface area (Å²) in [5.74, 6) is 0.420. The number of nitro benzene ring substituents is 1. The number of carbonyl (C=O) groups excluding carboxylic acids is 1. The predicted molar refractivity (Wildman–Crippen MR) is 103 cm³/mol. The van der Waals surface area contributed by atoms with Crippen LogP contribution in [0.15, 0.2) is 43.0 Å². The van der Waals surface area contributed by atoms with Crippen LogP contribution < -0.4 is 9.47 Å². The Hall–Kier alpha value is -2.84. The van der Waals surface area contributed by atoms with Crippen molar-refractivity contribution >= 4 is 40.6 Å². The Morgan fingerprint density at radius 3 is 2.74 bits per heavy atom. The number of rotatable bonds is 7. The van der Waals surface area contributed by atoms with E-state index in [4.69, 9.17) is 21.1 Å². The molecule has 0 saturated heterocycles. The molecule has 2 heterocycles. The van der Waals surface area contributed by atoms with Gasteiger partial charge in [0.25, 0.3) is 5.69 Å². The fourth-order valence-corrected chi connectivity index (χ4v) is 3.62. The average Bonchev–Trinajstić information content (AvgIpc) is 3.26. The summed E-state index contributed by atoms with van der Waals surface area (Å²) in [6, 6.07) is 6.40. The van der Waals surface area contributed by atoms with Crippen LogP contribution in [-0.4, -0.2) is 29.1 Å². The van der Waals surface area contributed by atoms with Crippen LogP contribution in [0.2, 0.25) is 4.34 Å². The van der Waals surface area contributed by atoms with Gasteiger partial charge in [0.1, 0.15) is 0 Å². The zero-order chi connectivity index (χ0) is 19.4. The quantitative estimate of drug-likeness (QED) is 0.297. The van der Waals surface area contributed by atoms with Crippen LogP contribution >= 0.6 is 22.9 Å². The summed E-state index contributed by atoms with van der Waals surface area (Å²) in [5.41, 5.74) is 0.0962. The van der Waals surface area contributed by atoms with Crippen molar-refractivity contribution in [2.75, 3.05) is 13.3 Å². The Morgan fingerprint density at radius 2 is 2.11 bits per heavy atom. The molecule has 0 radical (unpaired) electrons. The van der Waals surface area contributed by atoms with Crippen LogP contribution in [0.3, 0.4) is 0 Å². The van der Waals surface area contributed by atoms with E-state index in [9.17, 15) is 14.9 Å². The molecule has 1 aromatic heterocycles. The Morgan fingerprint density at radius 1 is 1.37 bits per heavy atom. The first-order chi connectivity index (χ1) is 13.0. The summed E-state index contributed by atoms with van der Waals surface area (Å²) in [7, 11) is 0. The second-order valence-electron chi connectivity index (χ2n) is 5.57. The summed E-state index contributed by atoms with van der Waals surface area (Å²) >= 11 is 7.32. The number of carbonyl (C=O) groups is 1. The van der Waals surface area contributed by atoms with E-state index < -0.39 is 4.92 Å². The minimum Gasteiger partial charge on any atom is -0.454 e. The molecule has 0 N–H and O–H groups in total. The second-order valence-corrected chi connectivity index (χ2v) is 7.37. The van der Waals surface area contributed by atoms with Gasteiger partial charge in [-0.05, 0) is 24.3 Å². The van der Waals surface area contributed by atoms with Gasteiger partial charge < -0.3 is 14.4 Å². The van der Waals surface area contributed by atoms with Crippen molar-refractivity contribution in [3.05, 3.63) is 67.9 Å². The zero-order valence-corrected chi connectivity index (χ0v) is 15.7. The van der Waals surface area contributed by atoms with Crippen molar-refractivity contribution in [1.29, 1.82) is 0 Å². The number of thiophene rings is 1. The monoisotopic (exact) mass is 406 g/mol. The number of nitrogens with zero attached hydrogens (tertiary/aromatic N) is 2. The summed E-state index contributed by atoms with van der Waals surface area (Å²) in [6.07, 6.45) is 4.31. The second kappa shape index (κ2) is 8.24. The smallest absolute Gasteiger partial charge is 0.280 e. The molecule has 1 aromatic carbocycles. The van der Waals surface area contributed by atoms with Crippen molar-refractivity contribution in [1.82, 2.24) is 4.90 Å². The molecule has 0 unspecified atom stereocenters. The largest absolute Gasteiger partial charge is 0.454 e. The highest BCUT2D eigenvalue weighted by molar-refractivity contribution is 7.16. The van der Waals surface area contributed by atoms with Gasteiger partial charge in [0.05, 0.1) is 27.4 Å². The Kier molecular flexibility index (Phi) is 5.78. The average molecular weight is 407 g/mol. The van der Waals surface area contributed by atoms with E-state index in [1.54, 1.807) is 17.0 Å². The number of nitro groups is 1. The molecule has 0 saturated carbocycles. The standard InChI is InChI=1S/C18H15ClN2O5S/c1-2-7-20(10-13-4-5-17(19)27-13)18(22)6-3-12-8-15-16(26-11-25-15)9-14(12)21(23)24/h2-6,8-9H,1,7,10-11H2/b6-3+. The fraction of sp³-hybridized carbons (Fsp3) is 0.167. The molecule has 1 amide bonds. The third-order valence-corrected chi connectivity index (χ3v) is 4.98. The first-order valence-corrected chi connectivity index (χ1v) is 9.07. The molecule has 2 aromatic rings. The number of ether oxygens (including phenoxy) is 2. The highest BCUT2D eigenvalue weighted by atomic mass is 35.5. The molecule has 1 aliphatic heterocycles. The predicted octanol–water partition coefficient (Wildman–Crippen LogP) is 4.27. The van der Waals surface area contributed by atoms with Crippen LogP contribution in [0.1, 0.15) is 10.4 Å². The maximum absolute atomic E-state index is 12.6. The van der Waals surface area contributed by atoms with Crippen molar-refractivity contribution in [2.45, 2.75) is 6.54 Å². The first-order valence-electron chi connectivity index (χ1n) is 7.88. The lowest BCUT2D eigenvalue weighted by Crippen LogP contribution is -2.28. The lowest BCUT2D eigenvalue weighted by Gasteiger charge is -2.18. The van der Waals surface area contributed by atoms with Crippen molar-refractivity contribution in [2.24, 2.45) is 0 Å². The van der Waals surface area contributed by atoms with Gasteiger partial charge in [-0.15, -0.1) is 17.9 Å². The SMILES string of the molecule is C=CCN(Cc1ccc(Cl)s1)C(=O)/C=C/c1cc2c(cc1[N+](=O)[O-])OCO2. The summed E-state index contributed by atoms with van der Waals surface area (Å²) in [4.78, 5) is 25.8. The summed E-state index contributed by atoms with van der Waals surface area (Å²) in [6.45, 7) is 4.38. The maximum Gasteiger partial charge on any atom is 0.280 e. The molecule has 0 spiro atoms. The minimum atomic E-state index is -0.527. The maximum atomic E-state index is 12.6. The molecule has 0 fully saturated rings. The van der Waals surface area contributed by atoms with Crippen LogP contribution in [-0.2, 0) is 11.3 Å². The topological polar surface area (TPSA) is 81.9 Å². The molecule has 0 bridgehead atoms. The third kappa shape index (κ3) is 4.47. The van der Waals surface area contributed by atoms with Gasteiger partial charge in [-0.1, -0.05) is 17.7 Å². The highest BCUT2D eigenvalue weighted by Crippen LogP contribution is 2.38. The van der Waals surface area contributed by atoms with E-state index in [-0.39, 0.29) is 24.0 Å². The van der Waals surface area contributed by atoms with Crippen LogP contribution in [0.4, 0.5) is 5.69 Å². The van der Waals surface area contributed by atoms with Gasteiger partial charge >= 0.3 is 0 Å². The van der Waals surface area contributed by atoms with Gasteiger partial charge in [-0.3, -0.25) is 14.9 Å². The van der Waals surface area contributed by atoms with E-state index in [2.05, 4.69) is 6.58 Å². The lowest BCUT2D eigenvalue weighted by molar-refractivity contribution is -0.385. The lowest BCUT2D eigenvalue weighted by atomic mass is 10.1. The van der Waals surface area contributed by atoms with Crippen molar-refractivity contribution in [3.63, 3.8) is 0 Å². The third-order valence-electron chi connectivity index (χ3n) is 3.76. The molecular formula is C18H15ClN2O5S. The van der Waals surface area contributed by atoms with Gasteiger partial charge in [-0.2, -0.15) is 0 Å². The fourth-order valence-electron chi connectivity index (χ4n) is 2.52. The van der Waals surface area contributed by atoms with Gasteiger partial charge in [0.15, 0.2) is 11.5 Å². The Balaban J connectivity index is 1.81. The number of fused-ring (bicyclic) bond motifs is 1. The van der Waals surface area contributed by atoms with Crippen molar-refractivity contribution < 1.29 is 19.2 Å².